The van der Waals surface area contributed by atoms with Crippen molar-refractivity contribution >= 4 is 6.21 Å². The summed E-state index contributed by atoms with van der Waals surface area (Å²) in [7, 11) is 0. The monoisotopic (exact) mass is 244 g/mol. The molecule has 0 saturated carbocycles. The van der Waals surface area contributed by atoms with Crippen molar-refractivity contribution in [2.45, 2.75) is 12.7 Å². The molecule has 0 aromatic carbocycles. The van der Waals surface area contributed by atoms with E-state index in [0.29, 0.717) is 0 Å². The van der Waals surface area contributed by atoms with E-state index in [1.54, 1.807) is 0 Å². The SMILES string of the molecule is N=C/C(N)=C\NCc1cnccc1C(F)(F)F. The highest BCUT2D eigenvalue weighted by molar-refractivity contribution is 5.73. The predicted octanol–water partition coefficient (Wildman–Crippen LogP) is 1.64. The molecule has 1 aromatic heterocycles. The fourth-order valence-electron chi connectivity index (χ4n) is 1.17. The van der Waals surface area contributed by atoms with E-state index in [1.165, 1.54) is 6.20 Å². The Morgan fingerprint density at radius 2 is 2.24 bits per heavy atom. The minimum atomic E-state index is -4.41. The molecule has 0 fully saturated rings. The second-order valence-corrected chi connectivity index (χ2v) is 3.20. The molecule has 0 aliphatic carbocycles. The van der Waals surface area contributed by atoms with Gasteiger partial charge in [0.2, 0.25) is 0 Å². The Morgan fingerprint density at radius 1 is 1.53 bits per heavy atom. The maximum absolute atomic E-state index is 12.6. The normalized spacial score (nSPS) is 12.3. The van der Waals surface area contributed by atoms with Crippen LogP contribution in [0.15, 0.2) is 30.4 Å². The highest BCUT2D eigenvalue weighted by atomic mass is 19.4. The van der Waals surface area contributed by atoms with E-state index in [2.05, 4.69) is 10.3 Å². The average molecular weight is 244 g/mol. The lowest BCUT2D eigenvalue weighted by molar-refractivity contribution is -0.138. The Hall–Kier alpha value is -2.05. The summed E-state index contributed by atoms with van der Waals surface area (Å²) in [6.45, 7) is -0.0583. The van der Waals surface area contributed by atoms with Crippen molar-refractivity contribution in [3.8, 4) is 0 Å². The third-order valence-corrected chi connectivity index (χ3v) is 1.94. The minimum Gasteiger partial charge on any atom is -0.396 e. The number of nitrogens with zero attached hydrogens (tertiary/aromatic N) is 1. The molecule has 0 saturated heterocycles. The topological polar surface area (TPSA) is 74.8 Å². The largest absolute Gasteiger partial charge is 0.416 e. The van der Waals surface area contributed by atoms with Gasteiger partial charge in [-0.05, 0) is 6.07 Å². The Kier molecular flexibility index (Phi) is 4.08. The first kappa shape index (κ1) is 13.0. The molecule has 4 nitrogen and oxygen atoms in total. The zero-order valence-corrected chi connectivity index (χ0v) is 8.75. The Bertz CT molecular complexity index is 426. The van der Waals surface area contributed by atoms with Gasteiger partial charge in [-0.25, -0.2) is 0 Å². The molecule has 0 aliphatic rings. The van der Waals surface area contributed by atoms with Gasteiger partial charge >= 0.3 is 6.18 Å². The number of pyridine rings is 1. The van der Waals surface area contributed by atoms with Gasteiger partial charge < -0.3 is 16.5 Å². The number of nitrogens with two attached hydrogens (primary N) is 1. The lowest BCUT2D eigenvalue weighted by atomic mass is 10.1. The van der Waals surface area contributed by atoms with Crippen LogP contribution in [0.3, 0.4) is 0 Å². The van der Waals surface area contributed by atoms with E-state index in [-0.39, 0.29) is 17.8 Å². The quantitative estimate of drug-likeness (QED) is 0.705. The van der Waals surface area contributed by atoms with E-state index < -0.39 is 11.7 Å². The predicted molar refractivity (Wildman–Crippen MR) is 57.1 cm³/mol. The Balaban J connectivity index is 2.81. The van der Waals surface area contributed by atoms with Gasteiger partial charge in [-0.1, -0.05) is 0 Å². The van der Waals surface area contributed by atoms with Gasteiger partial charge in [0, 0.05) is 36.9 Å². The lowest BCUT2D eigenvalue weighted by Crippen LogP contribution is -2.15. The molecular weight excluding hydrogens is 233 g/mol. The van der Waals surface area contributed by atoms with Crippen LogP contribution in [0.2, 0.25) is 0 Å². The van der Waals surface area contributed by atoms with E-state index in [9.17, 15) is 13.2 Å². The number of rotatable bonds is 4. The maximum atomic E-state index is 12.6. The number of nitrogens with one attached hydrogen (secondary N) is 2. The zero-order valence-electron chi connectivity index (χ0n) is 8.75. The first-order valence-electron chi connectivity index (χ1n) is 4.64. The van der Waals surface area contributed by atoms with Crippen LogP contribution in [0.4, 0.5) is 13.2 Å². The summed E-state index contributed by atoms with van der Waals surface area (Å²) < 4.78 is 37.7. The van der Waals surface area contributed by atoms with Crippen molar-refractivity contribution in [1.82, 2.24) is 10.3 Å². The van der Waals surface area contributed by atoms with Crippen LogP contribution in [0.25, 0.3) is 0 Å². The molecule has 7 heteroatoms. The third-order valence-electron chi connectivity index (χ3n) is 1.94. The smallest absolute Gasteiger partial charge is 0.396 e. The van der Waals surface area contributed by atoms with Crippen molar-refractivity contribution in [3.05, 3.63) is 41.5 Å². The molecule has 92 valence electrons. The number of halogens is 3. The second kappa shape index (κ2) is 5.33. The molecule has 0 spiro atoms. The third kappa shape index (κ3) is 3.78. The summed E-state index contributed by atoms with van der Waals surface area (Å²) in [4.78, 5) is 3.64. The maximum Gasteiger partial charge on any atom is 0.416 e. The van der Waals surface area contributed by atoms with Crippen molar-refractivity contribution in [2.75, 3.05) is 0 Å². The molecule has 0 amide bonds. The van der Waals surface area contributed by atoms with Crippen LogP contribution in [0.5, 0.6) is 0 Å². The molecule has 0 atom stereocenters. The molecule has 0 radical (unpaired) electrons. The van der Waals surface area contributed by atoms with Crippen molar-refractivity contribution in [2.24, 2.45) is 5.73 Å². The molecule has 17 heavy (non-hydrogen) atoms. The Labute approximate surface area is 95.9 Å². The first-order chi connectivity index (χ1) is 7.95. The number of aromatic nitrogens is 1. The standard InChI is InChI=1S/C10H11F3N4/c11-10(12,13)9-1-2-16-4-7(9)5-17-6-8(15)3-14/h1-4,6,14,17H,5,15H2/b8-6+,14-3?. The van der Waals surface area contributed by atoms with Crippen molar-refractivity contribution in [3.63, 3.8) is 0 Å². The number of alkyl halides is 3. The van der Waals surface area contributed by atoms with Gasteiger partial charge in [-0.3, -0.25) is 4.98 Å². The van der Waals surface area contributed by atoms with Crippen LogP contribution >= 0.6 is 0 Å². The van der Waals surface area contributed by atoms with Crippen molar-refractivity contribution < 1.29 is 13.2 Å². The van der Waals surface area contributed by atoms with E-state index in [1.807, 2.05) is 0 Å². The van der Waals surface area contributed by atoms with Gasteiger partial charge in [0.05, 0.1) is 11.3 Å². The fraction of sp³-hybridized carbons (Fsp3) is 0.200. The molecule has 1 aromatic rings. The zero-order chi connectivity index (χ0) is 12.9. The molecule has 0 bridgehead atoms. The van der Waals surface area contributed by atoms with Gasteiger partial charge in [-0.15, -0.1) is 0 Å². The summed E-state index contributed by atoms with van der Waals surface area (Å²) in [6.07, 6.45) is -0.0177. The Morgan fingerprint density at radius 3 is 2.82 bits per heavy atom. The molecule has 4 N–H and O–H groups in total. The summed E-state index contributed by atoms with van der Waals surface area (Å²) in [5.41, 5.74) is 4.69. The van der Waals surface area contributed by atoms with E-state index in [4.69, 9.17) is 11.1 Å². The number of hydrogen-bond donors (Lipinski definition) is 3. The van der Waals surface area contributed by atoms with Gasteiger partial charge in [0.15, 0.2) is 0 Å². The van der Waals surface area contributed by atoms with Crippen LogP contribution in [-0.2, 0) is 12.7 Å². The summed E-state index contributed by atoms with van der Waals surface area (Å²) in [5.74, 6) is 0. The molecule has 0 aliphatic heterocycles. The highest BCUT2D eigenvalue weighted by Crippen LogP contribution is 2.31. The van der Waals surface area contributed by atoms with E-state index >= 15 is 0 Å². The average Bonchev–Trinajstić information content (AvgIpc) is 2.28. The van der Waals surface area contributed by atoms with Crippen LogP contribution in [0.1, 0.15) is 11.1 Å². The highest BCUT2D eigenvalue weighted by Gasteiger charge is 2.32. The second-order valence-electron chi connectivity index (χ2n) is 3.20. The number of hydrogen-bond acceptors (Lipinski definition) is 4. The summed E-state index contributed by atoms with van der Waals surface area (Å²) in [6, 6.07) is 0.917. The van der Waals surface area contributed by atoms with E-state index in [0.717, 1.165) is 24.7 Å². The molecule has 0 unspecified atom stereocenters. The van der Waals surface area contributed by atoms with Crippen LogP contribution < -0.4 is 11.1 Å². The minimum absolute atomic E-state index is 0.0223. The fourth-order valence-corrected chi connectivity index (χ4v) is 1.17. The van der Waals surface area contributed by atoms with Crippen molar-refractivity contribution in [1.29, 1.82) is 5.41 Å². The summed E-state index contributed by atoms with van der Waals surface area (Å²) in [5, 5.41) is 9.37. The van der Waals surface area contributed by atoms with Gasteiger partial charge in [0.25, 0.3) is 0 Å². The number of allylic oxidation sites excluding steroid dienone is 1. The van der Waals surface area contributed by atoms with Gasteiger partial charge in [-0.2, -0.15) is 13.2 Å². The molecule has 1 rings (SSSR count). The first-order valence-corrected chi connectivity index (χ1v) is 4.64. The summed E-state index contributed by atoms with van der Waals surface area (Å²) >= 11 is 0. The van der Waals surface area contributed by atoms with Crippen LogP contribution in [-0.4, -0.2) is 11.2 Å². The van der Waals surface area contributed by atoms with Crippen LogP contribution in [0, 0.1) is 5.41 Å². The molecule has 1 heterocycles. The lowest BCUT2D eigenvalue weighted by Gasteiger charge is -2.11. The van der Waals surface area contributed by atoms with Gasteiger partial charge in [0.1, 0.15) is 0 Å². The molecular formula is C10H11F3N4.